The normalized spacial score (nSPS) is 34.7. The van der Waals surface area contributed by atoms with Gasteiger partial charge in [-0.15, -0.1) is 0 Å². The second-order valence-corrected chi connectivity index (χ2v) is 5.74. The number of esters is 1. The van der Waals surface area contributed by atoms with Crippen LogP contribution in [0.15, 0.2) is 24.3 Å². The maximum Gasteiger partial charge on any atom is 0.315 e. The van der Waals surface area contributed by atoms with Crippen molar-refractivity contribution >= 4 is 5.97 Å². The molecule has 106 valence electrons. The SMILES string of the molecule is C=CC1=CCCC2(O)CCCCC2(C(=O)OCC)C1. The summed E-state index contributed by atoms with van der Waals surface area (Å²) in [5, 5.41) is 11.1. The van der Waals surface area contributed by atoms with Crippen LogP contribution in [0.2, 0.25) is 0 Å². The zero-order valence-electron chi connectivity index (χ0n) is 11.8. The molecule has 1 N–H and O–H groups in total. The summed E-state index contributed by atoms with van der Waals surface area (Å²) in [7, 11) is 0. The van der Waals surface area contributed by atoms with Gasteiger partial charge in [-0.2, -0.15) is 0 Å². The molecule has 0 aromatic heterocycles. The number of hydrogen-bond acceptors (Lipinski definition) is 3. The van der Waals surface area contributed by atoms with Gasteiger partial charge < -0.3 is 9.84 Å². The van der Waals surface area contributed by atoms with E-state index in [2.05, 4.69) is 12.7 Å². The highest BCUT2D eigenvalue weighted by molar-refractivity contribution is 5.79. The van der Waals surface area contributed by atoms with Crippen LogP contribution in [-0.4, -0.2) is 23.3 Å². The Morgan fingerprint density at radius 1 is 1.47 bits per heavy atom. The predicted molar refractivity (Wildman–Crippen MR) is 74.6 cm³/mol. The number of aliphatic hydroxyl groups is 1. The number of allylic oxidation sites excluding steroid dienone is 3. The first-order valence-corrected chi connectivity index (χ1v) is 7.29. The maximum atomic E-state index is 12.5. The van der Waals surface area contributed by atoms with Crippen molar-refractivity contribution in [3.05, 3.63) is 24.3 Å². The van der Waals surface area contributed by atoms with Crippen LogP contribution < -0.4 is 0 Å². The molecular formula is C16H24O3. The first-order valence-electron chi connectivity index (χ1n) is 7.29. The number of carbonyl (C=O) groups excluding carboxylic acids is 1. The van der Waals surface area contributed by atoms with Gasteiger partial charge in [-0.3, -0.25) is 4.79 Å². The van der Waals surface area contributed by atoms with Crippen LogP contribution in [0, 0.1) is 5.41 Å². The fraction of sp³-hybridized carbons (Fsp3) is 0.688. The van der Waals surface area contributed by atoms with Crippen molar-refractivity contribution in [2.24, 2.45) is 5.41 Å². The minimum Gasteiger partial charge on any atom is -0.465 e. The topological polar surface area (TPSA) is 46.5 Å². The van der Waals surface area contributed by atoms with E-state index in [1.165, 1.54) is 0 Å². The third kappa shape index (κ3) is 2.36. The average Bonchev–Trinajstić information content (AvgIpc) is 2.55. The van der Waals surface area contributed by atoms with Crippen LogP contribution in [-0.2, 0) is 9.53 Å². The van der Waals surface area contributed by atoms with Crippen molar-refractivity contribution in [2.45, 2.75) is 57.5 Å². The molecule has 0 saturated heterocycles. The standard InChI is InChI=1S/C16H24O3/c1-3-13-8-7-11-16(18)10-6-5-9-15(16,12-13)14(17)19-4-2/h3,8,18H,1,4-7,9-12H2,2H3. The fourth-order valence-corrected chi connectivity index (χ4v) is 3.64. The highest BCUT2D eigenvalue weighted by Crippen LogP contribution is 2.53. The molecule has 2 aliphatic rings. The van der Waals surface area contributed by atoms with Crippen molar-refractivity contribution < 1.29 is 14.6 Å². The average molecular weight is 264 g/mol. The lowest BCUT2D eigenvalue weighted by Gasteiger charge is -2.48. The summed E-state index contributed by atoms with van der Waals surface area (Å²) in [5.41, 5.74) is -0.623. The maximum absolute atomic E-state index is 12.5. The Balaban J connectivity index is 2.41. The molecule has 19 heavy (non-hydrogen) atoms. The molecule has 0 bridgehead atoms. The van der Waals surface area contributed by atoms with Gasteiger partial charge in [0, 0.05) is 0 Å². The molecule has 0 spiro atoms. The Labute approximate surface area is 115 Å². The summed E-state index contributed by atoms with van der Waals surface area (Å²) < 4.78 is 5.29. The zero-order chi connectivity index (χ0) is 13.9. The van der Waals surface area contributed by atoms with Gasteiger partial charge in [0.2, 0.25) is 0 Å². The van der Waals surface area contributed by atoms with Crippen LogP contribution in [0.4, 0.5) is 0 Å². The summed E-state index contributed by atoms with van der Waals surface area (Å²) >= 11 is 0. The molecule has 3 nitrogen and oxygen atoms in total. The summed E-state index contributed by atoms with van der Waals surface area (Å²) in [5.74, 6) is -0.230. The first-order chi connectivity index (χ1) is 9.08. The van der Waals surface area contributed by atoms with Gasteiger partial charge in [0.1, 0.15) is 5.41 Å². The predicted octanol–water partition coefficient (Wildman–Crippen LogP) is 3.14. The summed E-state index contributed by atoms with van der Waals surface area (Å²) in [6, 6.07) is 0. The molecule has 2 atom stereocenters. The Bertz CT molecular complexity index is 399. The van der Waals surface area contributed by atoms with Crippen LogP contribution in [0.5, 0.6) is 0 Å². The third-order valence-electron chi connectivity index (χ3n) is 4.73. The van der Waals surface area contributed by atoms with Crippen molar-refractivity contribution in [3.63, 3.8) is 0 Å². The van der Waals surface area contributed by atoms with Crippen LogP contribution in [0.1, 0.15) is 51.9 Å². The third-order valence-corrected chi connectivity index (χ3v) is 4.73. The van der Waals surface area contributed by atoms with Crippen molar-refractivity contribution in [1.29, 1.82) is 0 Å². The van der Waals surface area contributed by atoms with E-state index >= 15 is 0 Å². The Kier molecular flexibility index (Phi) is 4.14. The van der Waals surface area contributed by atoms with Crippen molar-refractivity contribution in [2.75, 3.05) is 6.61 Å². The molecule has 0 heterocycles. The molecule has 0 aliphatic heterocycles. The van der Waals surface area contributed by atoms with E-state index in [9.17, 15) is 9.90 Å². The van der Waals surface area contributed by atoms with Crippen molar-refractivity contribution in [3.8, 4) is 0 Å². The van der Waals surface area contributed by atoms with Crippen LogP contribution in [0.3, 0.4) is 0 Å². The minimum absolute atomic E-state index is 0.230. The largest absolute Gasteiger partial charge is 0.465 e. The molecule has 2 aliphatic carbocycles. The van der Waals surface area contributed by atoms with E-state index in [-0.39, 0.29) is 5.97 Å². The first kappa shape index (κ1) is 14.3. The molecule has 1 fully saturated rings. The second-order valence-electron chi connectivity index (χ2n) is 5.74. The number of carbonyl (C=O) groups is 1. The highest BCUT2D eigenvalue weighted by atomic mass is 16.5. The fourth-order valence-electron chi connectivity index (χ4n) is 3.64. The molecule has 2 rings (SSSR count). The lowest BCUT2D eigenvalue weighted by Crippen LogP contribution is -2.55. The minimum atomic E-state index is -0.918. The van der Waals surface area contributed by atoms with Gasteiger partial charge in [-0.05, 0) is 39.0 Å². The Morgan fingerprint density at radius 2 is 2.21 bits per heavy atom. The summed E-state index contributed by atoms with van der Waals surface area (Å²) in [4.78, 5) is 12.5. The lowest BCUT2D eigenvalue weighted by molar-refractivity contribution is -0.184. The molecule has 0 radical (unpaired) electrons. The van der Waals surface area contributed by atoms with Crippen LogP contribution in [0.25, 0.3) is 0 Å². The molecule has 1 saturated carbocycles. The quantitative estimate of drug-likeness (QED) is 0.797. The van der Waals surface area contributed by atoms with E-state index in [1.807, 2.05) is 6.92 Å². The van der Waals surface area contributed by atoms with Crippen LogP contribution >= 0.6 is 0 Å². The molecule has 0 aromatic rings. The lowest BCUT2D eigenvalue weighted by atomic mass is 9.60. The van der Waals surface area contributed by atoms with Gasteiger partial charge in [0.15, 0.2) is 0 Å². The van der Waals surface area contributed by atoms with E-state index in [4.69, 9.17) is 4.74 Å². The van der Waals surface area contributed by atoms with Gasteiger partial charge in [-0.1, -0.05) is 37.1 Å². The number of fused-ring (bicyclic) bond motifs is 1. The van der Waals surface area contributed by atoms with E-state index in [0.29, 0.717) is 32.3 Å². The number of hydrogen-bond donors (Lipinski definition) is 1. The Morgan fingerprint density at radius 3 is 2.89 bits per heavy atom. The van der Waals surface area contributed by atoms with E-state index in [0.717, 1.165) is 24.8 Å². The van der Waals surface area contributed by atoms with Gasteiger partial charge in [0.05, 0.1) is 12.2 Å². The van der Waals surface area contributed by atoms with Crippen molar-refractivity contribution in [1.82, 2.24) is 0 Å². The van der Waals surface area contributed by atoms with Gasteiger partial charge in [0.25, 0.3) is 0 Å². The van der Waals surface area contributed by atoms with E-state index < -0.39 is 11.0 Å². The highest BCUT2D eigenvalue weighted by Gasteiger charge is 2.57. The van der Waals surface area contributed by atoms with Gasteiger partial charge >= 0.3 is 5.97 Å². The summed E-state index contributed by atoms with van der Waals surface area (Å²) in [6.45, 7) is 6.00. The zero-order valence-corrected chi connectivity index (χ0v) is 11.8. The smallest absolute Gasteiger partial charge is 0.315 e. The monoisotopic (exact) mass is 264 g/mol. The molecule has 2 unspecified atom stereocenters. The second kappa shape index (κ2) is 5.49. The molecular weight excluding hydrogens is 240 g/mol. The van der Waals surface area contributed by atoms with Gasteiger partial charge in [-0.25, -0.2) is 0 Å². The Hall–Kier alpha value is -1.09. The summed E-state index contributed by atoms with van der Waals surface area (Å²) in [6.07, 6.45) is 9.30. The molecule has 0 amide bonds. The molecule has 0 aromatic carbocycles. The number of ether oxygens (including phenoxy) is 1. The molecule has 3 heteroatoms. The number of rotatable bonds is 3. The van der Waals surface area contributed by atoms with E-state index in [1.54, 1.807) is 6.08 Å².